The number of hydrogen-bond acceptors (Lipinski definition) is 4. The van der Waals surface area contributed by atoms with Gasteiger partial charge in [0.25, 0.3) is 0 Å². The lowest BCUT2D eigenvalue weighted by Gasteiger charge is -2.38. The van der Waals surface area contributed by atoms with E-state index >= 15 is 0 Å². The van der Waals surface area contributed by atoms with E-state index in [0.29, 0.717) is 11.6 Å². The normalized spacial score (nSPS) is 19.9. The van der Waals surface area contributed by atoms with Crippen LogP contribution in [-0.4, -0.2) is 53.2 Å². The third-order valence-electron chi connectivity index (χ3n) is 5.43. The van der Waals surface area contributed by atoms with Crippen LogP contribution in [0, 0.1) is 0 Å². The van der Waals surface area contributed by atoms with Gasteiger partial charge in [-0.25, -0.2) is 4.79 Å². The molecule has 1 N–H and O–H groups in total. The van der Waals surface area contributed by atoms with E-state index in [1.54, 1.807) is 18.2 Å². The Morgan fingerprint density at radius 2 is 1.83 bits per heavy atom. The van der Waals surface area contributed by atoms with Gasteiger partial charge in [-0.1, -0.05) is 0 Å². The summed E-state index contributed by atoms with van der Waals surface area (Å²) in [6, 6.07) is 7.92. The van der Waals surface area contributed by atoms with Gasteiger partial charge >= 0.3 is 5.97 Å². The van der Waals surface area contributed by atoms with E-state index in [4.69, 9.17) is 0 Å². The fraction of sp³-hybridized carbons (Fsp3) is 0.474. The van der Waals surface area contributed by atoms with Gasteiger partial charge in [-0.05, 0) is 63.0 Å². The smallest absolute Gasteiger partial charge is 0.335 e. The molecule has 0 aliphatic carbocycles. The van der Waals surface area contributed by atoms with E-state index in [1.807, 2.05) is 12.3 Å². The Morgan fingerprint density at radius 3 is 2.54 bits per heavy atom. The molecule has 5 heteroatoms. The molecule has 0 bridgehead atoms. The van der Waals surface area contributed by atoms with Crippen LogP contribution in [-0.2, 0) is 0 Å². The van der Waals surface area contributed by atoms with Gasteiger partial charge in [0, 0.05) is 36.4 Å². The number of piperidine rings is 1. The Morgan fingerprint density at radius 1 is 1.08 bits per heavy atom. The number of rotatable bonds is 3. The largest absolute Gasteiger partial charge is 0.478 e. The number of fused-ring (bicyclic) bond motifs is 1. The van der Waals surface area contributed by atoms with Gasteiger partial charge in [0.15, 0.2) is 0 Å². The molecule has 2 aliphatic heterocycles. The molecule has 2 aromatic rings. The Balaban J connectivity index is 1.58. The zero-order chi connectivity index (χ0) is 16.5. The molecule has 0 atom stereocenters. The van der Waals surface area contributed by atoms with Crippen LogP contribution in [0.2, 0.25) is 0 Å². The highest BCUT2D eigenvalue weighted by Gasteiger charge is 2.27. The molecule has 2 fully saturated rings. The van der Waals surface area contributed by atoms with Crippen molar-refractivity contribution in [3.05, 3.63) is 36.0 Å². The molecule has 2 aliphatic rings. The van der Waals surface area contributed by atoms with Crippen LogP contribution in [0.25, 0.3) is 10.9 Å². The number of carbonyl (C=O) groups is 1. The fourth-order valence-corrected chi connectivity index (χ4v) is 4.12. The zero-order valence-corrected chi connectivity index (χ0v) is 13.8. The highest BCUT2D eigenvalue weighted by Crippen LogP contribution is 2.30. The van der Waals surface area contributed by atoms with Crippen LogP contribution in [0.15, 0.2) is 30.5 Å². The Hall–Kier alpha value is -2.14. The maximum absolute atomic E-state index is 11.3. The molecular formula is C19H23N3O2. The molecule has 1 aromatic carbocycles. The number of aromatic carboxylic acids is 1. The van der Waals surface area contributed by atoms with Crippen molar-refractivity contribution in [1.29, 1.82) is 0 Å². The minimum absolute atomic E-state index is 0.323. The van der Waals surface area contributed by atoms with Crippen molar-refractivity contribution in [2.75, 3.05) is 31.1 Å². The Bertz CT molecular complexity index is 747. The third-order valence-corrected chi connectivity index (χ3v) is 5.43. The van der Waals surface area contributed by atoms with Crippen molar-refractivity contribution < 1.29 is 9.90 Å². The lowest BCUT2D eigenvalue weighted by Crippen LogP contribution is -2.43. The number of nitrogens with zero attached hydrogens (tertiary/aromatic N) is 3. The average molecular weight is 325 g/mol. The number of benzene rings is 1. The number of carboxylic acid groups (broad SMARTS) is 1. The van der Waals surface area contributed by atoms with Gasteiger partial charge in [-0.2, -0.15) is 0 Å². The summed E-state index contributed by atoms with van der Waals surface area (Å²) in [6.07, 6.45) is 6.87. The van der Waals surface area contributed by atoms with E-state index in [-0.39, 0.29) is 0 Å². The highest BCUT2D eigenvalue weighted by atomic mass is 16.4. The molecule has 5 nitrogen and oxygen atoms in total. The summed E-state index contributed by atoms with van der Waals surface area (Å²) >= 11 is 0. The first kappa shape index (κ1) is 15.4. The predicted molar refractivity (Wildman–Crippen MR) is 94.7 cm³/mol. The van der Waals surface area contributed by atoms with Gasteiger partial charge in [-0.15, -0.1) is 0 Å². The Kier molecular flexibility index (Phi) is 4.10. The highest BCUT2D eigenvalue weighted by molar-refractivity contribution is 5.98. The minimum atomic E-state index is -0.889. The number of anilines is 1. The van der Waals surface area contributed by atoms with Gasteiger partial charge in [0.05, 0.1) is 11.1 Å². The lowest BCUT2D eigenvalue weighted by atomic mass is 10.0. The first-order valence-electron chi connectivity index (χ1n) is 8.83. The first-order chi connectivity index (χ1) is 11.7. The SMILES string of the molecule is O=C(O)c1ccc2nccc(N3CCC(N4CCCC4)CC3)c2c1. The summed E-state index contributed by atoms with van der Waals surface area (Å²) in [5.74, 6) is -0.889. The second-order valence-corrected chi connectivity index (χ2v) is 6.83. The molecule has 0 spiro atoms. The van der Waals surface area contributed by atoms with Crippen molar-refractivity contribution in [2.24, 2.45) is 0 Å². The van der Waals surface area contributed by atoms with Gasteiger partial charge < -0.3 is 14.9 Å². The van der Waals surface area contributed by atoms with Crippen molar-refractivity contribution >= 4 is 22.6 Å². The van der Waals surface area contributed by atoms with Crippen LogP contribution in [0.4, 0.5) is 5.69 Å². The van der Waals surface area contributed by atoms with Crippen LogP contribution < -0.4 is 4.90 Å². The van der Waals surface area contributed by atoms with E-state index in [9.17, 15) is 9.90 Å². The molecular weight excluding hydrogens is 302 g/mol. The zero-order valence-electron chi connectivity index (χ0n) is 13.8. The molecule has 2 saturated heterocycles. The summed E-state index contributed by atoms with van der Waals surface area (Å²) < 4.78 is 0. The summed E-state index contributed by atoms with van der Waals surface area (Å²) in [5.41, 5.74) is 2.30. The van der Waals surface area contributed by atoms with Crippen LogP contribution in [0.3, 0.4) is 0 Å². The van der Waals surface area contributed by atoms with Gasteiger partial charge in [0.1, 0.15) is 0 Å². The summed E-state index contributed by atoms with van der Waals surface area (Å²) in [5, 5.41) is 10.2. The number of likely N-dealkylation sites (tertiary alicyclic amines) is 1. The fourth-order valence-electron chi connectivity index (χ4n) is 4.12. The van der Waals surface area contributed by atoms with E-state index in [0.717, 1.165) is 29.7 Å². The van der Waals surface area contributed by atoms with Crippen LogP contribution in [0.5, 0.6) is 0 Å². The Labute approximate surface area is 141 Å². The van der Waals surface area contributed by atoms with E-state index < -0.39 is 5.97 Å². The summed E-state index contributed by atoms with van der Waals surface area (Å²) in [4.78, 5) is 20.7. The summed E-state index contributed by atoms with van der Waals surface area (Å²) in [6.45, 7) is 4.56. The second-order valence-electron chi connectivity index (χ2n) is 6.83. The average Bonchev–Trinajstić information content (AvgIpc) is 3.15. The number of carboxylic acids is 1. The number of pyridine rings is 1. The molecule has 24 heavy (non-hydrogen) atoms. The minimum Gasteiger partial charge on any atom is -0.478 e. The maximum Gasteiger partial charge on any atom is 0.335 e. The van der Waals surface area contributed by atoms with Crippen LogP contribution in [0.1, 0.15) is 36.0 Å². The molecule has 4 rings (SSSR count). The van der Waals surface area contributed by atoms with E-state index in [1.165, 1.54) is 38.8 Å². The second kappa shape index (κ2) is 6.40. The predicted octanol–water partition coefficient (Wildman–Crippen LogP) is 3.00. The van der Waals surface area contributed by atoms with Crippen LogP contribution >= 0.6 is 0 Å². The topological polar surface area (TPSA) is 56.7 Å². The number of aromatic nitrogens is 1. The maximum atomic E-state index is 11.3. The molecule has 0 unspecified atom stereocenters. The molecule has 0 saturated carbocycles. The first-order valence-corrected chi connectivity index (χ1v) is 8.83. The van der Waals surface area contributed by atoms with Crippen molar-refractivity contribution in [3.8, 4) is 0 Å². The molecule has 126 valence electrons. The molecule has 3 heterocycles. The van der Waals surface area contributed by atoms with Crippen molar-refractivity contribution in [1.82, 2.24) is 9.88 Å². The standard InChI is InChI=1S/C19H23N3O2/c23-19(24)14-3-4-17-16(13-14)18(5-8-20-17)22-11-6-15(7-12-22)21-9-1-2-10-21/h3-5,8,13,15H,1-2,6-7,9-12H2,(H,23,24). The monoisotopic (exact) mass is 325 g/mol. The summed E-state index contributed by atoms with van der Waals surface area (Å²) in [7, 11) is 0. The third kappa shape index (κ3) is 2.84. The quantitative estimate of drug-likeness (QED) is 0.940. The van der Waals surface area contributed by atoms with Gasteiger partial charge in [0.2, 0.25) is 0 Å². The van der Waals surface area contributed by atoms with Crippen molar-refractivity contribution in [2.45, 2.75) is 31.7 Å². The lowest BCUT2D eigenvalue weighted by molar-refractivity contribution is 0.0697. The van der Waals surface area contributed by atoms with Crippen molar-refractivity contribution in [3.63, 3.8) is 0 Å². The van der Waals surface area contributed by atoms with E-state index in [2.05, 4.69) is 14.8 Å². The molecule has 0 radical (unpaired) electrons. The molecule has 0 amide bonds. The van der Waals surface area contributed by atoms with Gasteiger partial charge in [-0.3, -0.25) is 4.98 Å². The number of hydrogen-bond donors (Lipinski definition) is 1. The molecule has 1 aromatic heterocycles.